The van der Waals surface area contributed by atoms with E-state index in [-0.39, 0.29) is 11.9 Å². The van der Waals surface area contributed by atoms with Gasteiger partial charge in [-0.05, 0) is 17.7 Å². The highest BCUT2D eigenvalue weighted by molar-refractivity contribution is 7.99. The van der Waals surface area contributed by atoms with Gasteiger partial charge in [0, 0.05) is 4.90 Å². The summed E-state index contributed by atoms with van der Waals surface area (Å²) in [5, 5.41) is 19.6. The second-order valence-electron chi connectivity index (χ2n) is 4.13. The molecule has 0 saturated carbocycles. The normalized spacial score (nSPS) is 14.1. The van der Waals surface area contributed by atoms with E-state index in [2.05, 4.69) is 0 Å². The Morgan fingerprint density at radius 1 is 1.00 bits per heavy atom. The van der Waals surface area contributed by atoms with Crippen molar-refractivity contribution in [1.82, 2.24) is 0 Å². The SMILES string of the molecule is OC[C@H](O)[C@H](Sc1ccccc1Cl)c1ccccc1. The van der Waals surface area contributed by atoms with Crippen molar-refractivity contribution in [1.29, 1.82) is 0 Å². The number of aliphatic hydroxyl groups excluding tert-OH is 2. The maximum Gasteiger partial charge on any atom is 0.0933 e. The second-order valence-corrected chi connectivity index (χ2v) is 5.72. The van der Waals surface area contributed by atoms with Crippen molar-refractivity contribution in [3.63, 3.8) is 0 Å². The number of halogens is 1. The summed E-state index contributed by atoms with van der Waals surface area (Å²) in [5.74, 6) is 0. The molecule has 2 aromatic rings. The number of hydrogen-bond acceptors (Lipinski definition) is 3. The van der Waals surface area contributed by atoms with Gasteiger partial charge in [0.25, 0.3) is 0 Å². The Morgan fingerprint density at radius 3 is 2.26 bits per heavy atom. The van der Waals surface area contributed by atoms with Crippen molar-refractivity contribution in [2.75, 3.05) is 6.61 Å². The van der Waals surface area contributed by atoms with Crippen LogP contribution in [-0.2, 0) is 0 Å². The van der Waals surface area contributed by atoms with Gasteiger partial charge in [-0.2, -0.15) is 0 Å². The second kappa shape index (κ2) is 6.96. The van der Waals surface area contributed by atoms with Gasteiger partial charge in [-0.3, -0.25) is 0 Å². The zero-order valence-corrected chi connectivity index (χ0v) is 11.8. The van der Waals surface area contributed by atoms with Gasteiger partial charge in [0.2, 0.25) is 0 Å². The van der Waals surface area contributed by atoms with Crippen LogP contribution in [-0.4, -0.2) is 22.9 Å². The molecule has 0 fully saturated rings. The molecule has 2 N–H and O–H groups in total. The molecule has 0 aliphatic rings. The minimum absolute atomic E-state index is 0.244. The van der Waals surface area contributed by atoms with Gasteiger partial charge in [-0.1, -0.05) is 54.1 Å². The molecular weight excluding hydrogens is 280 g/mol. The summed E-state index contributed by atoms with van der Waals surface area (Å²) in [7, 11) is 0. The van der Waals surface area contributed by atoms with Crippen LogP contribution in [0, 0.1) is 0 Å². The average Bonchev–Trinajstić information content (AvgIpc) is 2.46. The molecule has 0 unspecified atom stereocenters. The van der Waals surface area contributed by atoms with E-state index in [1.54, 1.807) is 0 Å². The monoisotopic (exact) mass is 294 g/mol. The Bertz CT molecular complexity index is 519. The van der Waals surface area contributed by atoms with Crippen molar-refractivity contribution >= 4 is 23.4 Å². The van der Waals surface area contributed by atoms with Gasteiger partial charge in [0.05, 0.1) is 23.0 Å². The summed E-state index contributed by atoms with van der Waals surface area (Å²) in [6.07, 6.45) is -0.830. The molecule has 2 rings (SSSR count). The van der Waals surface area contributed by atoms with Crippen LogP contribution in [0.4, 0.5) is 0 Å². The van der Waals surface area contributed by atoms with Gasteiger partial charge in [0.1, 0.15) is 0 Å². The molecule has 4 heteroatoms. The molecule has 19 heavy (non-hydrogen) atoms. The summed E-state index contributed by atoms with van der Waals surface area (Å²) in [4.78, 5) is 0.894. The van der Waals surface area contributed by atoms with Gasteiger partial charge in [-0.15, -0.1) is 11.8 Å². The van der Waals surface area contributed by atoms with Gasteiger partial charge in [0.15, 0.2) is 0 Å². The molecule has 0 aromatic heterocycles. The Kier molecular flexibility index (Phi) is 5.28. The summed E-state index contributed by atoms with van der Waals surface area (Å²) in [6.45, 7) is -0.281. The Morgan fingerprint density at radius 2 is 1.63 bits per heavy atom. The maximum absolute atomic E-state index is 10.0. The lowest BCUT2D eigenvalue weighted by molar-refractivity contribution is 0.0931. The maximum atomic E-state index is 10.0. The quantitative estimate of drug-likeness (QED) is 0.829. The summed E-state index contributed by atoms with van der Waals surface area (Å²) in [5.41, 5.74) is 0.967. The molecule has 0 bridgehead atoms. The van der Waals surface area contributed by atoms with Gasteiger partial charge in [-0.25, -0.2) is 0 Å². The van der Waals surface area contributed by atoms with E-state index in [1.165, 1.54) is 11.8 Å². The van der Waals surface area contributed by atoms with Crippen molar-refractivity contribution in [2.24, 2.45) is 0 Å². The molecule has 0 aliphatic carbocycles. The van der Waals surface area contributed by atoms with Crippen LogP contribution >= 0.6 is 23.4 Å². The van der Waals surface area contributed by atoms with E-state index in [9.17, 15) is 10.2 Å². The van der Waals surface area contributed by atoms with E-state index in [0.29, 0.717) is 5.02 Å². The standard InChI is InChI=1S/C15H15ClO2S/c16-12-8-4-5-9-14(12)19-15(13(18)10-17)11-6-2-1-3-7-11/h1-9,13,15,17-18H,10H2/t13-,15+/m0/s1. The topological polar surface area (TPSA) is 40.5 Å². The number of aliphatic hydroxyl groups is 2. The molecule has 0 saturated heterocycles. The van der Waals surface area contributed by atoms with E-state index < -0.39 is 6.10 Å². The first-order valence-electron chi connectivity index (χ1n) is 5.97. The fourth-order valence-corrected chi connectivity index (χ4v) is 3.20. The fourth-order valence-electron chi connectivity index (χ4n) is 1.78. The zero-order valence-electron chi connectivity index (χ0n) is 10.2. The minimum Gasteiger partial charge on any atom is -0.394 e. The lowest BCUT2D eigenvalue weighted by Crippen LogP contribution is -2.20. The van der Waals surface area contributed by atoms with Crippen molar-refractivity contribution in [2.45, 2.75) is 16.2 Å². The van der Waals surface area contributed by atoms with Crippen molar-refractivity contribution in [3.8, 4) is 0 Å². The van der Waals surface area contributed by atoms with E-state index in [4.69, 9.17) is 11.6 Å². The summed E-state index contributed by atoms with van der Waals surface area (Å²) < 4.78 is 0. The zero-order chi connectivity index (χ0) is 13.7. The number of thioether (sulfide) groups is 1. The van der Waals surface area contributed by atoms with Crippen molar-refractivity contribution < 1.29 is 10.2 Å². The van der Waals surface area contributed by atoms with Crippen LogP contribution < -0.4 is 0 Å². The molecule has 0 radical (unpaired) electrons. The summed E-state index contributed by atoms with van der Waals surface area (Å²) in [6, 6.07) is 17.1. The first kappa shape index (κ1) is 14.4. The Balaban J connectivity index is 2.27. The molecular formula is C15H15ClO2S. The first-order valence-corrected chi connectivity index (χ1v) is 7.23. The Hall–Kier alpha value is -1.00. The van der Waals surface area contributed by atoms with Crippen LogP contribution in [0.25, 0.3) is 0 Å². The minimum atomic E-state index is -0.830. The van der Waals surface area contributed by atoms with Crippen LogP contribution in [0.15, 0.2) is 59.5 Å². The van der Waals surface area contributed by atoms with Gasteiger partial charge < -0.3 is 10.2 Å². The predicted octanol–water partition coefficient (Wildman–Crippen LogP) is 3.53. The van der Waals surface area contributed by atoms with Crippen LogP contribution in [0.3, 0.4) is 0 Å². The predicted molar refractivity (Wildman–Crippen MR) is 79.6 cm³/mol. The molecule has 0 heterocycles. The molecule has 2 nitrogen and oxygen atoms in total. The highest BCUT2D eigenvalue weighted by Crippen LogP contribution is 2.40. The highest BCUT2D eigenvalue weighted by Gasteiger charge is 2.22. The smallest absolute Gasteiger partial charge is 0.0933 e. The molecule has 0 aliphatic heterocycles. The average molecular weight is 295 g/mol. The molecule has 0 amide bonds. The number of hydrogen-bond donors (Lipinski definition) is 2. The molecule has 0 spiro atoms. The van der Waals surface area contributed by atoms with Gasteiger partial charge >= 0.3 is 0 Å². The third kappa shape index (κ3) is 3.74. The Labute approximate surface area is 122 Å². The van der Waals surface area contributed by atoms with E-state index in [1.807, 2.05) is 54.6 Å². The molecule has 100 valence electrons. The molecule has 2 atom stereocenters. The molecule has 2 aromatic carbocycles. The lowest BCUT2D eigenvalue weighted by atomic mass is 10.1. The number of rotatable bonds is 5. The lowest BCUT2D eigenvalue weighted by Gasteiger charge is -2.21. The van der Waals surface area contributed by atoms with E-state index >= 15 is 0 Å². The van der Waals surface area contributed by atoms with Crippen LogP contribution in [0.5, 0.6) is 0 Å². The first-order chi connectivity index (χ1) is 9.22. The highest BCUT2D eigenvalue weighted by atomic mass is 35.5. The fraction of sp³-hybridized carbons (Fsp3) is 0.200. The third-order valence-corrected chi connectivity index (χ3v) is 4.65. The van der Waals surface area contributed by atoms with Crippen LogP contribution in [0.2, 0.25) is 5.02 Å². The third-order valence-electron chi connectivity index (χ3n) is 2.76. The van der Waals surface area contributed by atoms with Crippen LogP contribution in [0.1, 0.15) is 10.8 Å². The largest absolute Gasteiger partial charge is 0.394 e. The van der Waals surface area contributed by atoms with E-state index in [0.717, 1.165) is 10.5 Å². The summed E-state index contributed by atoms with van der Waals surface area (Å²) >= 11 is 7.60. The van der Waals surface area contributed by atoms with Crippen molar-refractivity contribution in [3.05, 3.63) is 65.2 Å². The number of benzene rings is 2.